The largest absolute Gasteiger partial charge is 0.423 e. The van der Waals surface area contributed by atoms with E-state index in [0.717, 1.165) is 11.1 Å². The van der Waals surface area contributed by atoms with Crippen LogP contribution in [0.15, 0.2) is 28.7 Å². The highest BCUT2D eigenvalue weighted by molar-refractivity contribution is 5.80. The molecule has 20 heavy (non-hydrogen) atoms. The predicted octanol–water partition coefficient (Wildman–Crippen LogP) is 0.857. The second kappa shape index (κ2) is 5.13. The van der Waals surface area contributed by atoms with E-state index in [4.69, 9.17) is 4.42 Å². The minimum Gasteiger partial charge on any atom is -0.423 e. The molecule has 0 radical (unpaired) electrons. The fourth-order valence-corrected chi connectivity index (χ4v) is 2.38. The van der Waals surface area contributed by atoms with E-state index in [1.54, 1.807) is 4.90 Å². The van der Waals surface area contributed by atoms with Gasteiger partial charge >= 0.3 is 0 Å². The van der Waals surface area contributed by atoms with E-state index in [2.05, 4.69) is 4.98 Å². The standard InChI is InChI=1S/C14H17N3O3/c1-10(18)13(19)16-6-8-17(9-7-16)14-15-11-4-2-3-5-12(11)20-14/h2-5,10,18H,6-9H2,1H3. The van der Waals surface area contributed by atoms with Gasteiger partial charge in [-0.15, -0.1) is 0 Å². The van der Waals surface area contributed by atoms with Crippen molar-refractivity contribution in [3.05, 3.63) is 24.3 Å². The van der Waals surface area contributed by atoms with Gasteiger partial charge in [0.2, 0.25) is 0 Å². The predicted molar refractivity (Wildman–Crippen MR) is 74.5 cm³/mol. The average molecular weight is 275 g/mol. The molecule has 1 aliphatic heterocycles. The normalized spacial score (nSPS) is 17.5. The van der Waals surface area contributed by atoms with Crippen LogP contribution in [0.3, 0.4) is 0 Å². The summed E-state index contributed by atoms with van der Waals surface area (Å²) < 4.78 is 5.71. The molecule has 1 aromatic carbocycles. The third-order valence-corrected chi connectivity index (χ3v) is 3.50. The lowest BCUT2D eigenvalue weighted by Gasteiger charge is -2.34. The number of aliphatic hydroxyl groups is 1. The maximum Gasteiger partial charge on any atom is 0.298 e. The first-order valence-corrected chi connectivity index (χ1v) is 6.72. The Labute approximate surface area is 116 Å². The quantitative estimate of drug-likeness (QED) is 0.880. The zero-order chi connectivity index (χ0) is 14.1. The lowest BCUT2D eigenvalue weighted by molar-refractivity contribution is -0.139. The number of aromatic nitrogens is 1. The van der Waals surface area contributed by atoms with Crippen molar-refractivity contribution in [2.45, 2.75) is 13.0 Å². The molecule has 1 atom stereocenters. The van der Waals surface area contributed by atoms with E-state index in [1.165, 1.54) is 6.92 Å². The highest BCUT2D eigenvalue weighted by Gasteiger charge is 2.25. The highest BCUT2D eigenvalue weighted by atomic mass is 16.4. The van der Waals surface area contributed by atoms with Crippen molar-refractivity contribution < 1.29 is 14.3 Å². The fourth-order valence-electron chi connectivity index (χ4n) is 2.38. The summed E-state index contributed by atoms with van der Waals surface area (Å²) in [4.78, 5) is 19.8. The van der Waals surface area contributed by atoms with E-state index in [1.807, 2.05) is 29.2 Å². The number of carbonyl (C=O) groups excluding carboxylic acids is 1. The Hall–Kier alpha value is -2.08. The van der Waals surface area contributed by atoms with Gasteiger partial charge < -0.3 is 19.3 Å². The van der Waals surface area contributed by atoms with Crippen LogP contribution in [0.25, 0.3) is 11.1 Å². The minimum absolute atomic E-state index is 0.220. The zero-order valence-corrected chi connectivity index (χ0v) is 11.3. The third kappa shape index (κ3) is 2.34. The summed E-state index contributed by atoms with van der Waals surface area (Å²) in [6, 6.07) is 8.23. The number of amides is 1. The van der Waals surface area contributed by atoms with Gasteiger partial charge in [0.25, 0.3) is 11.9 Å². The first-order chi connectivity index (χ1) is 9.65. The van der Waals surface area contributed by atoms with Crippen molar-refractivity contribution in [3.8, 4) is 0 Å². The first-order valence-electron chi connectivity index (χ1n) is 6.72. The van der Waals surface area contributed by atoms with Gasteiger partial charge in [-0.2, -0.15) is 4.98 Å². The second-order valence-corrected chi connectivity index (χ2v) is 4.95. The first kappa shape index (κ1) is 12.9. The van der Waals surface area contributed by atoms with Crippen LogP contribution in [0.2, 0.25) is 0 Å². The molecule has 1 N–H and O–H groups in total. The maximum absolute atomic E-state index is 11.7. The summed E-state index contributed by atoms with van der Waals surface area (Å²) in [5.74, 6) is -0.220. The number of hydrogen-bond donors (Lipinski definition) is 1. The summed E-state index contributed by atoms with van der Waals surface area (Å²) in [5, 5.41) is 9.32. The number of nitrogens with zero attached hydrogens (tertiary/aromatic N) is 3. The topological polar surface area (TPSA) is 69.8 Å². The van der Waals surface area contributed by atoms with Crippen LogP contribution in [-0.2, 0) is 4.79 Å². The molecule has 0 aliphatic carbocycles. The minimum atomic E-state index is -0.939. The SMILES string of the molecule is CC(O)C(=O)N1CCN(c2nc3ccccc3o2)CC1. The van der Waals surface area contributed by atoms with Gasteiger partial charge in [0.05, 0.1) is 0 Å². The van der Waals surface area contributed by atoms with Crippen LogP contribution in [-0.4, -0.2) is 53.2 Å². The lowest BCUT2D eigenvalue weighted by Crippen LogP contribution is -2.51. The van der Waals surface area contributed by atoms with Gasteiger partial charge in [0.15, 0.2) is 5.58 Å². The van der Waals surface area contributed by atoms with E-state index < -0.39 is 6.10 Å². The Balaban J connectivity index is 1.70. The summed E-state index contributed by atoms with van der Waals surface area (Å²) in [5.41, 5.74) is 1.61. The van der Waals surface area contributed by atoms with Crippen LogP contribution in [0.5, 0.6) is 0 Å². The summed E-state index contributed by atoms with van der Waals surface area (Å²) >= 11 is 0. The summed E-state index contributed by atoms with van der Waals surface area (Å²) in [6.45, 7) is 3.96. The molecule has 2 aromatic rings. The van der Waals surface area contributed by atoms with Crippen LogP contribution in [0, 0.1) is 0 Å². The molecule has 1 aliphatic rings. The number of carbonyl (C=O) groups is 1. The number of piperazine rings is 1. The van der Waals surface area contributed by atoms with E-state index in [0.29, 0.717) is 32.2 Å². The van der Waals surface area contributed by atoms with Gasteiger partial charge in [-0.1, -0.05) is 12.1 Å². The van der Waals surface area contributed by atoms with Crippen LogP contribution in [0.4, 0.5) is 6.01 Å². The van der Waals surface area contributed by atoms with Crippen LogP contribution in [0.1, 0.15) is 6.92 Å². The van der Waals surface area contributed by atoms with Crippen LogP contribution < -0.4 is 4.90 Å². The molecule has 106 valence electrons. The Morgan fingerprint density at radius 3 is 2.65 bits per heavy atom. The van der Waals surface area contributed by atoms with Crippen molar-refractivity contribution in [2.75, 3.05) is 31.1 Å². The Morgan fingerprint density at radius 1 is 1.30 bits per heavy atom. The van der Waals surface area contributed by atoms with Gasteiger partial charge in [0, 0.05) is 26.2 Å². The number of oxazole rings is 1. The Kier molecular flexibility index (Phi) is 3.31. The fraction of sp³-hybridized carbons (Fsp3) is 0.429. The molecule has 1 amide bonds. The molecule has 6 nitrogen and oxygen atoms in total. The molecule has 1 fully saturated rings. The molecule has 0 bridgehead atoms. The van der Waals surface area contributed by atoms with Crippen molar-refractivity contribution in [2.24, 2.45) is 0 Å². The molecule has 3 rings (SSSR count). The number of rotatable bonds is 2. The molecule has 1 aromatic heterocycles. The molecule has 1 unspecified atom stereocenters. The summed E-state index contributed by atoms with van der Waals surface area (Å²) in [6.07, 6.45) is -0.939. The molecule has 6 heteroatoms. The molecule has 1 saturated heterocycles. The van der Waals surface area contributed by atoms with Crippen molar-refractivity contribution >= 4 is 23.0 Å². The Bertz CT molecular complexity index is 582. The van der Waals surface area contributed by atoms with Gasteiger partial charge in [-0.25, -0.2) is 0 Å². The smallest absolute Gasteiger partial charge is 0.298 e. The second-order valence-electron chi connectivity index (χ2n) is 4.95. The number of anilines is 1. The van der Waals surface area contributed by atoms with Crippen molar-refractivity contribution in [3.63, 3.8) is 0 Å². The highest BCUT2D eigenvalue weighted by Crippen LogP contribution is 2.22. The average Bonchev–Trinajstić information content (AvgIpc) is 2.90. The maximum atomic E-state index is 11.7. The molecular formula is C14H17N3O3. The Morgan fingerprint density at radius 2 is 2.00 bits per heavy atom. The van der Waals surface area contributed by atoms with E-state index in [-0.39, 0.29) is 5.91 Å². The van der Waals surface area contributed by atoms with Gasteiger partial charge in [-0.05, 0) is 19.1 Å². The molecule has 0 saturated carbocycles. The van der Waals surface area contributed by atoms with E-state index >= 15 is 0 Å². The van der Waals surface area contributed by atoms with Crippen LogP contribution >= 0.6 is 0 Å². The monoisotopic (exact) mass is 275 g/mol. The van der Waals surface area contributed by atoms with E-state index in [9.17, 15) is 9.90 Å². The van der Waals surface area contributed by atoms with Crippen molar-refractivity contribution in [1.82, 2.24) is 9.88 Å². The number of para-hydroxylation sites is 2. The van der Waals surface area contributed by atoms with Crippen molar-refractivity contribution in [1.29, 1.82) is 0 Å². The lowest BCUT2D eigenvalue weighted by atomic mass is 10.2. The number of hydrogen-bond acceptors (Lipinski definition) is 5. The summed E-state index contributed by atoms with van der Waals surface area (Å²) in [7, 11) is 0. The molecular weight excluding hydrogens is 258 g/mol. The molecule has 0 spiro atoms. The molecule has 2 heterocycles. The zero-order valence-electron chi connectivity index (χ0n) is 11.3. The number of benzene rings is 1. The third-order valence-electron chi connectivity index (χ3n) is 3.50. The number of aliphatic hydroxyl groups excluding tert-OH is 1. The number of fused-ring (bicyclic) bond motifs is 1. The van der Waals surface area contributed by atoms with Gasteiger partial charge in [-0.3, -0.25) is 4.79 Å². The van der Waals surface area contributed by atoms with Gasteiger partial charge in [0.1, 0.15) is 11.6 Å².